The molecule has 5 aliphatic heterocycles. The smallest absolute Gasteiger partial charge is 0.255 e. The Labute approximate surface area is 313 Å². The molecule has 3 aromatic rings. The number of amides is 5. The highest BCUT2D eigenvalue weighted by atomic mass is 16.5. The Balaban J connectivity index is 0.856. The first kappa shape index (κ1) is 34.0. The van der Waals surface area contributed by atoms with Crippen LogP contribution in [0.2, 0.25) is 0 Å². The van der Waals surface area contributed by atoms with Gasteiger partial charge in [0.1, 0.15) is 17.8 Å². The fourth-order valence-corrected chi connectivity index (χ4v) is 9.63. The number of carbonyl (C=O) groups excluding carboxylic acids is 5. The normalized spacial score (nSPS) is 26.2. The summed E-state index contributed by atoms with van der Waals surface area (Å²) in [4.78, 5) is 69.5. The topological polar surface area (TPSA) is 154 Å². The fraction of sp³-hybridized carbons (Fsp3) is 0.405. The number of anilines is 2. The second kappa shape index (κ2) is 12.6. The number of imide groups is 1. The van der Waals surface area contributed by atoms with Crippen LogP contribution in [0.15, 0.2) is 60.7 Å². The van der Waals surface area contributed by atoms with Crippen LogP contribution in [0.5, 0.6) is 5.75 Å². The van der Waals surface area contributed by atoms with Gasteiger partial charge in [0, 0.05) is 72.9 Å². The van der Waals surface area contributed by atoms with Gasteiger partial charge in [0.2, 0.25) is 17.7 Å². The first-order chi connectivity index (χ1) is 26.1. The third-order valence-electron chi connectivity index (χ3n) is 12.8. The number of ether oxygens (including phenoxy) is 1. The summed E-state index contributed by atoms with van der Waals surface area (Å²) in [6.45, 7) is 2.86. The van der Waals surface area contributed by atoms with E-state index in [9.17, 15) is 24.0 Å². The molecule has 276 valence electrons. The van der Waals surface area contributed by atoms with E-state index in [4.69, 9.17) is 10.5 Å². The molecular formula is C42H42N6O6. The predicted octanol–water partition coefficient (Wildman–Crippen LogP) is 3.18. The molecule has 0 bridgehead atoms. The number of piperidine rings is 2. The van der Waals surface area contributed by atoms with Crippen LogP contribution in [-0.4, -0.2) is 84.7 Å². The van der Waals surface area contributed by atoms with Gasteiger partial charge in [-0.05, 0) is 85.0 Å². The standard InChI is InChI=1S/C42H42N6O6/c1-54-35-19-26(10-12-32(35)48-24-42(21-34(48)37(43)50)23-44-31-8-3-2-7-30(31)42)39(52)46-17-15-41(16-18-46)20-27(41)11-9-25-5-4-6-28-29(25)22-47(40(28)53)33-13-14-36(49)45-38(33)51/h2-8,10,12,19,27,33-34,44H,13-18,20-24H2,1H3,(H2,43,50)(H,45,49,51)/t27-,33?,34?,42?/m0/s1. The molecule has 3 unspecified atom stereocenters. The van der Waals surface area contributed by atoms with Crippen molar-refractivity contribution in [1.29, 1.82) is 0 Å². The summed E-state index contributed by atoms with van der Waals surface area (Å²) in [6.07, 6.45) is 3.80. The van der Waals surface area contributed by atoms with Crippen molar-refractivity contribution in [2.24, 2.45) is 17.1 Å². The van der Waals surface area contributed by atoms with Gasteiger partial charge in [-0.15, -0.1) is 0 Å². The molecule has 4 fully saturated rings. The Morgan fingerprint density at radius 1 is 0.981 bits per heavy atom. The van der Waals surface area contributed by atoms with Crippen LogP contribution in [0.4, 0.5) is 11.4 Å². The van der Waals surface area contributed by atoms with Crippen LogP contribution in [-0.2, 0) is 26.3 Å². The number of methoxy groups -OCH3 is 1. The van der Waals surface area contributed by atoms with Gasteiger partial charge in [-0.3, -0.25) is 29.3 Å². The molecule has 4 atom stereocenters. The van der Waals surface area contributed by atoms with E-state index >= 15 is 0 Å². The zero-order chi connectivity index (χ0) is 37.4. The third kappa shape index (κ3) is 5.48. The number of fused-ring (bicyclic) bond motifs is 3. The molecule has 2 spiro atoms. The Kier molecular flexibility index (Phi) is 7.96. The maximum Gasteiger partial charge on any atom is 0.255 e. The van der Waals surface area contributed by atoms with Gasteiger partial charge in [-0.1, -0.05) is 36.1 Å². The molecule has 54 heavy (non-hydrogen) atoms. The van der Waals surface area contributed by atoms with Crippen molar-refractivity contribution in [3.63, 3.8) is 0 Å². The van der Waals surface area contributed by atoms with Gasteiger partial charge < -0.3 is 30.5 Å². The molecule has 5 heterocycles. The molecule has 0 radical (unpaired) electrons. The fourth-order valence-electron chi connectivity index (χ4n) is 9.63. The number of primary amides is 1. The highest BCUT2D eigenvalue weighted by Crippen LogP contribution is 2.59. The van der Waals surface area contributed by atoms with E-state index in [-0.39, 0.29) is 46.8 Å². The van der Waals surface area contributed by atoms with Crippen LogP contribution in [0, 0.1) is 23.2 Å². The summed E-state index contributed by atoms with van der Waals surface area (Å²) < 4.78 is 5.84. The summed E-state index contributed by atoms with van der Waals surface area (Å²) in [5.74, 6) is 6.19. The Hall–Kier alpha value is -5.83. The van der Waals surface area contributed by atoms with E-state index in [0.717, 1.165) is 48.3 Å². The summed E-state index contributed by atoms with van der Waals surface area (Å²) >= 11 is 0. The molecule has 5 amide bonds. The van der Waals surface area contributed by atoms with Gasteiger partial charge in [0.25, 0.3) is 11.8 Å². The van der Waals surface area contributed by atoms with Crippen molar-refractivity contribution in [3.8, 4) is 17.6 Å². The van der Waals surface area contributed by atoms with E-state index in [1.54, 1.807) is 24.1 Å². The number of hydrogen-bond donors (Lipinski definition) is 3. The number of nitrogens with one attached hydrogen (secondary N) is 2. The van der Waals surface area contributed by atoms with Crippen LogP contribution >= 0.6 is 0 Å². The molecule has 12 heteroatoms. The Bertz CT molecular complexity index is 2200. The van der Waals surface area contributed by atoms with Crippen molar-refractivity contribution in [3.05, 3.63) is 88.5 Å². The molecule has 3 saturated heterocycles. The second-order valence-corrected chi connectivity index (χ2v) is 15.7. The quantitative estimate of drug-likeness (QED) is 0.268. The monoisotopic (exact) mass is 726 g/mol. The lowest BCUT2D eigenvalue weighted by Crippen LogP contribution is -2.52. The van der Waals surface area contributed by atoms with Crippen molar-refractivity contribution >= 4 is 40.9 Å². The molecule has 1 saturated carbocycles. The van der Waals surface area contributed by atoms with Crippen molar-refractivity contribution < 1.29 is 28.7 Å². The largest absolute Gasteiger partial charge is 0.495 e. The molecule has 4 N–H and O–H groups in total. The molecule has 6 aliphatic rings. The highest BCUT2D eigenvalue weighted by molar-refractivity contribution is 6.05. The minimum atomic E-state index is -0.665. The number of nitrogens with two attached hydrogens (primary N) is 1. The SMILES string of the molecule is COc1cc(C(=O)N2CCC3(CC2)C[C@@H]3C#Cc2cccc3c2CN(C2CCC(=O)NC2=O)C3=O)ccc1N1CC2(CNc3ccccc32)CC1C(N)=O. The summed E-state index contributed by atoms with van der Waals surface area (Å²) in [7, 11) is 1.58. The number of carbonyl (C=O) groups is 5. The van der Waals surface area contributed by atoms with Crippen LogP contribution < -0.4 is 26.0 Å². The Morgan fingerprint density at radius 2 is 1.80 bits per heavy atom. The lowest BCUT2D eigenvalue weighted by molar-refractivity contribution is -0.137. The summed E-state index contributed by atoms with van der Waals surface area (Å²) in [5, 5.41) is 5.86. The van der Waals surface area contributed by atoms with E-state index in [1.165, 1.54) is 5.56 Å². The summed E-state index contributed by atoms with van der Waals surface area (Å²) in [5.41, 5.74) is 11.5. The summed E-state index contributed by atoms with van der Waals surface area (Å²) in [6, 6.07) is 18.0. The number of likely N-dealkylation sites (tertiary alicyclic amines) is 1. The highest BCUT2D eigenvalue weighted by Gasteiger charge is 2.55. The van der Waals surface area contributed by atoms with E-state index < -0.39 is 18.0 Å². The third-order valence-corrected chi connectivity index (χ3v) is 12.8. The molecule has 3 aromatic carbocycles. The number of benzene rings is 3. The van der Waals surface area contributed by atoms with Crippen LogP contribution in [0.3, 0.4) is 0 Å². The van der Waals surface area contributed by atoms with Crippen molar-refractivity contribution in [2.45, 2.75) is 62.6 Å². The molecule has 12 nitrogen and oxygen atoms in total. The van der Waals surface area contributed by atoms with E-state index in [1.807, 2.05) is 46.2 Å². The van der Waals surface area contributed by atoms with Gasteiger partial charge in [-0.25, -0.2) is 0 Å². The maximum absolute atomic E-state index is 13.8. The number of rotatable bonds is 5. The van der Waals surface area contributed by atoms with E-state index in [0.29, 0.717) is 55.9 Å². The minimum absolute atomic E-state index is 0.0543. The van der Waals surface area contributed by atoms with Gasteiger partial charge >= 0.3 is 0 Å². The van der Waals surface area contributed by atoms with Gasteiger partial charge in [0.15, 0.2) is 0 Å². The first-order valence-corrected chi connectivity index (χ1v) is 18.7. The number of hydrogen-bond acceptors (Lipinski definition) is 8. The first-order valence-electron chi connectivity index (χ1n) is 18.7. The zero-order valence-corrected chi connectivity index (χ0v) is 30.2. The maximum atomic E-state index is 13.8. The van der Waals surface area contributed by atoms with Gasteiger partial charge in [0.05, 0.1) is 12.8 Å². The van der Waals surface area contributed by atoms with E-state index in [2.05, 4.69) is 34.6 Å². The molecule has 9 rings (SSSR count). The molecular weight excluding hydrogens is 684 g/mol. The zero-order valence-electron chi connectivity index (χ0n) is 30.2. The average molecular weight is 727 g/mol. The molecule has 1 aliphatic carbocycles. The molecule has 0 aromatic heterocycles. The van der Waals surface area contributed by atoms with Crippen molar-refractivity contribution in [1.82, 2.24) is 15.1 Å². The van der Waals surface area contributed by atoms with Crippen molar-refractivity contribution in [2.75, 3.05) is 43.5 Å². The van der Waals surface area contributed by atoms with Crippen LogP contribution in [0.1, 0.15) is 75.9 Å². The predicted molar refractivity (Wildman–Crippen MR) is 200 cm³/mol. The Morgan fingerprint density at radius 3 is 2.57 bits per heavy atom. The lowest BCUT2D eigenvalue weighted by Gasteiger charge is -2.33. The van der Waals surface area contributed by atoms with Gasteiger partial charge in [-0.2, -0.15) is 0 Å². The minimum Gasteiger partial charge on any atom is -0.495 e. The van der Waals surface area contributed by atoms with Crippen LogP contribution in [0.25, 0.3) is 0 Å². The number of nitrogens with zero attached hydrogens (tertiary/aromatic N) is 3. The average Bonchev–Trinajstić information content (AvgIpc) is 3.43. The lowest BCUT2D eigenvalue weighted by atomic mass is 9.80. The number of para-hydroxylation sites is 1. The second-order valence-electron chi connectivity index (χ2n) is 15.7.